The highest BCUT2D eigenvalue weighted by Crippen LogP contribution is 2.28. The summed E-state index contributed by atoms with van der Waals surface area (Å²) in [6, 6.07) is 20.7. The maximum absolute atomic E-state index is 12.5. The molecule has 5 nitrogen and oxygen atoms in total. The first-order chi connectivity index (χ1) is 12.7. The normalized spacial score (nSPS) is 10.7. The molecule has 0 atom stereocenters. The molecule has 0 aliphatic rings. The molecular formula is C21H17N3O2. The Balaban J connectivity index is 1.60. The van der Waals surface area contributed by atoms with Crippen LogP contribution in [0.1, 0.15) is 10.4 Å². The third-order valence-corrected chi connectivity index (χ3v) is 4.11. The van der Waals surface area contributed by atoms with Crippen molar-refractivity contribution in [2.75, 3.05) is 17.7 Å². The molecule has 4 aromatic rings. The molecule has 26 heavy (non-hydrogen) atoms. The van der Waals surface area contributed by atoms with Gasteiger partial charge in [0.15, 0.2) is 0 Å². The Morgan fingerprint density at radius 1 is 0.962 bits per heavy atom. The van der Waals surface area contributed by atoms with Crippen LogP contribution in [-0.2, 0) is 0 Å². The van der Waals surface area contributed by atoms with Crippen LogP contribution in [0.3, 0.4) is 0 Å². The number of aromatic nitrogens is 1. The number of carbonyl (C=O) groups is 1. The number of hydrogen-bond acceptors (Lipinski definition) is 4. The fourth-order valence-electron chi connectivity index (χ4n) is 2.78. The van der Waals surface area contributed by atoms with Crippen molar-refractivity contribution in [3.05, 3.63) is 78.5 Å². The average Bonchev–Trinajstić information content (AvgIpc) is 3.12. The number of nitrogens with one attached hydrogen (secondary N) is 2. The van der Waals surface area contributed by atoms with Gasteiger partial charge in [-0.1, -0.05) is 18.2 Å². The second kappa shape index (κ2) is 6.72. The predicted molar refractivity (Wildman–Crippen MR) is 103 cm³/mol. The molecule has 0 fully saturated rings. The van der Waals surface area contributed by atoms with E-state index in [1.807, 2.05) is 67.7 Å². The quantitative estimate of drug-likeness (QED) is 0.559. The number of anilines is 2. The third-order valence-electron chi connectivity index (χ3n) is 4.11. The molecule has 4 rings (SSSR count). The van der Waals surface area contributed by atoms with Crippen LogP contribution < -0.4 is 10.6 Å². The number of amides is 1. The molecule has 0 bridgehead atoms. The van der Waals surface area contributed by atoms with Crippen LogP contribution in [0.25, 0.3) is 22.4 Å². The van der Waals surface area contributed by atoms with Crippen LogP contribution >= 0.6 is 0 Å². The largest absolute Gasteiger partial charge is 0.438 e. The second-order valence-electron chi connectivity index (χ2n) is 5.87. The van der Waals surface area contributed by atoms with Crippen LogP contribution in [0.15, 0.2) is 77.3 Å². The van der Waals surface area contributed by atoms with Crippen LogP contribution in [0.4, 0.5) is 11.4 Å². The Morgan fingerprint density at radius 2 is 1.81 bits per heavy atom. The van der Waals surface area contributed by atoms with E-state index in [4.69, 9.17) is 4.42 Å². The zero-order chi connectivity index (χ0) is 17.9. The lowest BCUT2D eigenvalue weighted by molar-refractivity contribution is 0.102. The van der Waals surface area contributed by atoms with Gasteiger partial charge in [-0.2, -0.15) is 0 Å². The van der Waals surface area contributed by atoms with E-state index in [2.05, 4.69) is 15.6 Å². The molecule has 5 heteroatoms. The SMILES string of the molecule is CNc1cccc(C(=O)Nc2cccc(-c3cc4cccnc4o3)c2)c1. The van der Waals surface area contributed by atoms with E-state index in [0.717, 1.165) is 16.6 Å². The van der Waals surface area contributed by atoms with Gasteiger partial charge in [0.25, 0.3) is 5.91 Å². The lowest BCUT2D eigenvalue weighted by Crippen LogP contribution is -2.12. The van der Waals surface area contributed by atoms with Crippen molar-refractivity contribution in [3.63, 3.8) is 0 Å². The number of nitrogens with zero attached hydrogens (tertiary/aromatic N) is 1. The number of pyridine rings is 1. The Bertz CT molecular complexity index is 1050. The molecule has 2 N–H and O–H groups in total. The molecule has 0 aliphatic carbocycles. The lowest BCUT2D eigenvalue weighted by Gasteiger charge is -2.08. The summed E-state index contributed by atoms with van der Waals surface area (Å²) in [5, 5.41) is 6.91. The molecule has 0 unspecified atom stereocenters. The number of rotatable bonds is 4. The predicted octanol–water partition coefficient (Wildman–Crippen LogP) is 4.79. The van der Waals surface area contributed by atoms with Gasteiger partial charge in [0.2, 0.25) is 5.71 Å². The summed E-state index contributed by atoms with van der Waals surface area (Å²) in [7, 11) is 1.82. The minimum Gasteiger partial charge on any atom is -0.438 e. The lowest BCUT2D eigenvalue weighted by atomic mass is 10.1. The summed E-state index contributed by atoms with van der Waals surface area (Å²) in [4.78, 5) is 16.7. The molecule has 0 saturated heterocycles. The average molecular weight is 343 g/mol. The van der Waals surface area contributed by atoms with Gasteiger partial charge in [0.05, 0.1) is 0 Å². The zero-order valence-electron chi connectivity index (χ0n) is 14.2. The highest BCUT2D eigenvalue weighted by atomic mass is 16.3. The molecule has 0 radical (unpaired) electrons. The first kappa shape index (κ1) is 15.9. The minimum absolute atomic E-state index is 0.162. The van der Waals surface area contributed by atoms with E-state index in [0.29, 0.717) is 22.7 Å². The molecule has 0 saturated carbocycles. The first-order valence-electron chi connectivity index (χ1n) is 8.27. The molecule has 1 amide bonds. The van der Waals surface area contributed by atoms with Gasteiger partial charge in [-0.25, -0.2) is 4.98 Å². The van der Waals surface area contributed by atoms with Gasteiger partial charge in [-0.15, -0.1) is 0 Å². The Morgan fingerprint density at radius 3 is 2.65 bits per heavy atom. The third kappa shape index (κ3) is 3.15. The van der Waals surface area contributed by atoms with Crippen LogP contribution in [0.5, 0.6) is 0 Å². The summed E-state index contributed by atoms with van der Waals surface area (Å²) in [6.45, 7) is 0. The molecule has 128 valence electrons. The molecule has 2 heterocycles. The van der Waals surface area contributed by atoms with Gasteiger partial charge in [0.1, 0.15) is 5.76 Å². The molecule has 0 aliphatic heterocycles. The smallest absolute Gasteiger partial charge is 0.255 e. The summed E-state index contributed by atoms with van der Waals surface area (Å²) < 4.78 is 5.80. The fourth-order valence-corrected chi connectivity index (χ4v) is 2.78. The fraction of sp³-hybridized carbons (Fsp3) is 0.0476. The van der Waals surface area contributed by atoms with Gasteiger partial charge < -0.3 is 15.1 Å². The van der Waals surface area contributed by atoms with E-state index in [1.54, 1.807) is 12.3 Å². The van der Waals surface area contributed by atoms with Gasteiger partial charge in [-0.3, -0.25) is 4.79 Å². The van der Waals surface area contributed by atoms with E-state index < -0.39 is 0 Å². The molecule has 2 aromatic carbocycles. The van der Waals surface area contributed by atoms with E-state index in [1.165, 1.54) is 0 Å². The van der Waals surface area contributed by atoms with Crippen molar-refractivity contribution in [2.24, 2.45) is 0 Å². The van der Waals surface area contributed by atoms with E-state index in [9.17, 15) is 4.79 Å². The van der Waals surface area contributed by atoms with Crippen molar-refractivity contribution in [1.29, 1.82) is 0 Å². The highest BCUT2D eigenvalue weighted by molar-refractivity contribution is 6.05. The van der Waals surface area contributed by atoms with Crippen molar-refractivity contribution in [1.82, 2.24) is 4.98 Å². The van der Waals surface area contributed by atoms with Crippen LogP contribution in [0.2, 0.25) is 0 Å². The summed E-state index contributed by atoms with van der Waals surface area (Å²) in [6.07, 6.45) is 1.70. The zero-order valence-corrected chi connectivity index (χ0v) is 14.2. The van der Waals surface area contributed by atoms with Gasteiger partial charge >= 0.3 is 0 Å². The Kier molecular flexibility index (Phi) is 4.11. The van der Waals surface area contributed by atoms with Crippen LogP contribution in [-0.4, -0.2) is 17.9 Å². The van der Waals surface area contributed by atoms with Crippen molar-refractivity contribution >= 4 is 28.4 Å². The maximum Gasteiger partial charge on any atom is 0.255 e. The van der Waals surface area contributed by atoms with Gasteiger partial charge in [-0.05, 0) is 48.5 Å². The van der Waals surface area contributed by atoms with Crippen molar-refractivity contribution < 1.29 is 9.21 Å². The topological polar surface area (TPSA) is 67.2 Å². The summed E-state index contributed by atoms with van der Waals surface area (Å²) >= 11 is 0. The Labute approximate surface area is 150 Å². The van der Waals surface area contributed by atoms with Gasteiger partial charge in [0, 0.05) is 41.1 Å². The molecular weight excluding hydrogens is 326 g/mol. The van der Waals surface area contributed by atoms with E-state index in [-0.39, 0.29) is 5.91 Å². The number of hydrogen-bond donors (Lipinski definition) is 2. The molecule has 0 spiro atoms. The number of furan rings is 1. The monoisotopic (exact) mass is 343 g/mol. The van der Waals surface area contributed by atoms with Crippen LogP contribution in [0, 0.1) is 0 Å². The minimum atomic E-state index is -0.162. The highest BCUT2D eigenvalue weighted by Gasteiger charge is 2.10. The summed E-state index contributed by atoms with van der Waals surface area (Å²) in [5.41, 5.74) is 3.66. The van der Waals surface area contributed by atoms with Crippen molar-refractivity contribution in [3.8, 4) is 11.3 Å². The number of carbonyl (C=O) groups excluding carboxylic acids is 1. The molecule has 2 aromatic heterocycles. The number of fused-ring (bicyclic) bond motifs is 1. The Hall–Kier alpha value is -3.60. The maximum atomic E-state index is 12.5. The number of benzene rings is 2. The standard InChI is InChI=1S/C21H17N3O2/c1-22-17-8-3-6-15(12-17)20(25)24-18-9-2-5-14(11-18)19-13-16-7-4-10-23-21(16)26-19/h2-13,22H,1H3,(H,24,25). The van der Waals surface area contributed by atoms with E-state index >= 15 is 0 Å². The summed E-state index contributed by atoms with van der Waals surface area (Å²) in [5.74, 6) is 0.553. The first-order valence-corrected chi connectivity index (χ1v) is 8.27. The second-order valence-corrected chi connectivity index (χ2v) is 5.87. The van der Waals surface area contributed by atoms with Crippen molar-refractivity contribution in [2.45, 2.75) is 0 Å².